The molecule has 0 spiro atoms. The van der Waals surface area contributed by atoms with Gasteiger partial charge in [0.1, 0.15) is 28.2 Å². The number of carbonyl (C=O) groups excluding carboxylic acids is 3. The molecule has 0 saturated heterocycles. The van der Waals surface area contributed by atoms with Gasteiger partial charge in [0.2, 0.25) is 21.8 Å². The number of nitrogens with zero attached hydrogens (tertiary/aromatic N) is 1. The van der Waals surface area contributed by atoms with Crippen molar-refractivity contribution in [1.29, 1.82) is 0 Å². The number of nitrogens with two attached hydrogens (primary N) is 2. The second-order valence-corrected chi connectivity index (χ2v) is 13.8. The van der Waals surface area contributed by atoms with Crippen molar-refractivity contribution >= 4 is 43.9 Å². The van der Waals surface area contributed by atoms with Crippen molar-refractivity contribution in [2.45, 2.75) is 49.6 Å². The lowest BCUT2D eigenvalue weighted by Gasteiger charge is -2.24. The highest BCUT2D eigenvalue weighted by Gasteiger charge is 2.30. The van der Waals surface area contributed by atoms with Gasteiger partial charge in [-0.05, 0) is 30.4 Å². The summed E-state index contributed by atoms with van der Waals surface area (Å²) in [6.07, 6.45) is 1.82. The van der Waals surface area contributed by atoms with Crippen LogP contribution in [0.15, 0.2) is 65.7 Å². The Morgan fingerprint density at radius 1 is 0.857 bits per heavy atom. The van der Waals surface area contributed by atoms with Crippen LogP contribution in [-0.4, -0.2) is 77.6 Å². The van der Waals surface area contributed by atoms with Crippen LogP contribution in [0.1, 0.15) is 30.4 Å². The molecule has 230 valence electrons. The normalized spacial score (nSPS) is 13.7. The van der Waals surface area contributed by atoms with E-state index in [1.54, 1.807) is 60.7 Å². The maximum Gasteiger partial charge on any atom is 0.243 e. The molecule has 3 atom stereocenters. The third-order valence-electron chi connectivity index (χ3n) is 5.99. The lowest BCUT2D eigenvalue weighted by atomic mass is 10.0. The van der Waals surface area contributed by atoms with Gasteiger partial charge in [-0.2, -0.15) is 0 Å². The number of guanidine groups is 1. The molecule has 0 heterocycles. The highest BCUT2D eigenvalue weighted by atomic mass is 32.2. The number of rotatable bonds is 18. The fraction of sp³-hybridized carbons (Fsp3) is 0.407. The molecule has 42 heavy (non-hydrogen) atoms. The minimum atomic E-state index is -4.08. The average molecular weight is 623 g/mol. The van der Waals surface area contributed by atoms with Crippen LogP contribution in [0.25, 0.3) is 0 Å². The van der Waals surface area contributed by atoms with Crippen LogP contribution in [0, 0.1) is 0 Å². The lowest BCUT2D eigenvalue weighted by Crippen LogP contribution is -2.56. The van der Waals surface area contributed by atoms with Crippen LogP contribution < -0.4 is 26.8 Å². The predicted molar refractivity (Wildman–Crippen MR) is 160 cm³/mol. The number of nitrogens with one attached hydrogen (secondary N) is 3. The fourth-order valence-corrected chi connectivity index (χ4v) is 5.97. The predicted octanol–water partition coefficient (Wildman–Crippen LogP) is -0.626. The van der Waals surface area contributed by atoms with E-state index in [1.165, 1.54) is 0 Å². The van der Waals surface area contributed by atoms with Gasteiger partial charge in [0.25, 0.3) is 0 Å². The fourth-order valence-electron chi connectivity index (χ4n) is 3.94. The Labute approximate surface area is 246 Å². The first-order chi connectivity index (χ1) is 19.8. The molecule has 0 aliphatic heterocycles. The molecule has 0 bridgehead atoms. The van der Waals surface area contributed by atoms with Crippen molar-refractivity contribution < 1.29 is 31.2 Å². The van der Waals surface area contributed by atoms with E-state index in [1.807, 2.05) is 0 Å². The summed E-state index contributed by atoms with van der Waals surface area (Å²) in [7, 11) is -7.64. The van der Waals surface area contributed by atoms with Gasteiger partial charge in [0.15, 0.2) is 5.96 Å². The Morgan fingerprint density at radius 3 is 1.98 bits per heavy atom. The van der Waals surface area contributed by atoms with Crippen LogP contribution in [0.3, 0.4) is 0 Å². The van der Waals surface area contributed by atoms with Crippen LogP contribution >= 0.6 is 0 Å². The van der Waals surface area contributed by atoms with Gasteiger partial charge in [-0.15, -0.1) is 0 Å². The minimum absolute atomic E-state index is 0.0214. The number of hydrogen-bond donors (Lipinski definition) is 5. The number of aliphatic imine (C=N–C) groups is 1. The summed E-state index contributed by atoms with van der Waals surface area (Å²) in [5.74, 6) is -2.58. The van der Waals surface area contributed by atoms with E-state index in [4.69, 9.17) is 11.5 Å². The SMILES string of the molecule is CS(=O)(=O)CCC(NS(=O)(=O)Cc1ccccc1)C(=O)N[C@@H](Cc1ccccc1)C(=O)NC(C=O)CCCN=C(N)N. The van der Waals surface area contributed by atoms with Crippen LogP contribution in [0.4, 0.5) is 0 Å². The van der Waals surface area contributed by atoms with Crippen LogP contribution in [0.2, 0.25) is 0 Å². The summed E-state index contributed by atoms with van der Waals surface area (Å²) >= 11 is 0. The number of carbonyl (C=O) groups is 3. The largest absolute Gasteiger partial charge is 0.370 e. The van der Waals surface area contributed by atoms with Crippen molar-refractivity contribution in [1.82, 2.24) is 15.4 Å². The molecule has 15 heteroatoms. The van der Waals surface area contributed by atoms with Crippen molar-refractivity contribution in [2.75, 3.05) is 18.6 Å². The Morgan fingerprint density at radius 2 is 1.43 bits per heavy atom. The van der Waals surface area contributed by atoms with E-state index in [0.717, 1.165) is 6.26 Å². The number of benzene rings is 2. The highest BCUT2D eigenvalue weighted by molar-refractivity contribution is 7.90. The van der Waals surface area contributed by atoms with E-state index in [-0.39, 0.29) is 31.8 Å². The van der Waals surface area contributed by atoms with E-state index >= 15 is 0 Å². The highest BCUT2D eigenvalue weighted by Crippen LogP contribution is 2.09. The van der Waals surface area contributed by atoms with Crippen molar-refractivity contribution in [3.05, 3.63) is 71.8 Å². The number of aldehydes is 1. The third-order valence-corrected chi connectivity index (χ3v) is 8.32. The Balaban J connectivity index is 2.25. The molecule has 0 aromatic heterocycles. The zero-order chi connectivity index (χ0) is 31.2. The second kappa shape index (κ2) is 16.6. The Hall–Kier alpha value is -3.82. The molecule has 0 fully saturated rings. The molecule has 2 amide bonds. The van der Waals surface area contributed by atoms with E-state index < -0.39 is 61.3 Å². The summed E-state index contributed by atoms with van der Waals surface area (Å²) in [5.41, 5.74) is 11.8. The van der Waals surface area contributed by atoms with Gasteiger partial charge in [0.05, 0.1) is 17.5 Å². The van der Waals surface area contributed by atoms with E-state index in [9.17, 15) is 31.2 Å². The molecular formula is C27H38N6O7S2. The Bertz CT molecular complexity index is 1420. The number of hydrogen-bond acceptors (Lipinski definition) is 8. The van der Waals surface area contributed by atoms with Gasteiger partial charge in [0, 0.05) is 19.2 Å². The van der Waals surface area contributed by atoms with E-state index in [0.29, 0.717) is 23.8 Å². The van der Waals surface area contributed by atoms with Crippen molar-refractivity contribution in [3.63, 3.8) is 0 Å². The lowest BCUT2D eigenvalue weighted by molar-refractivity contribution is -0.130. The molecule has 2 unspecified atom stereocenters. The summed E-state index contributed by atoms with van der Waals surface area (Å²) in [6.45, 7) is 0.248. The number of amides is 2. The average Bonchev–Trinajstić information content (AvgIpc) is 2.92. The summed E-state index contributed by atoms with van der Waals surface area (Å²) < 4.78 is 51.8. The van der Waals surface area contributed by atoms with Crippen LogP contribution in [-0.2, 0) is 46.4 Å². The maximum absolute atomic E-state index is 13.4. The van der Waals surface area contributed by atoms with Gasteiger partial charge in [-0.3, -0.25) is 14.6 Å². The van der Waals surface area contributed by atoms with Crippen molar-refractivity contribution in [2.24, 2.45) is 16.5 Å². The van der Waals surface area contributed by atoms with Gasteiger partial charge in [-0.1, -0.05) is 60.7 Å². The summed E-state index contributed by atoms with van der Waals surface area (Å²) in [6, 6.07) is 13.4. The summed E-state index contributed by atoms with van der Waals surface area (Å²) in [5, 5.41) is 5.15. The molecule has 0 saturated carbocycles. The quantitative estimate of drug-likeness (QED) is 0.0618. The molecule has 2 rings (SSSR count). The third kappa shape index (κ3) is 13.7. The van der Waals surface area contributed by atoms with Gasteiger partial charge < -0.3 is 26.9 Å². The minimum Gasteiger partial charge on any atom is -0.370 e. The van der Waals surface area contributed by atoms with Gasteiger partial charge in [-0.25, -0.2) is 21.6 Å². The standard InChI is InChI=1S/C27H38N6O7S2/c1-41(37,38)16-14-23(33-42(39,40)19-21-11-6-3-7-12-21)25(35)32-24(17-20-9-4-2-5-10-20)26(36)31-22(18-34)13-8-15-30-27(28)29/h2-7,9-12,18,22-24,33H,8,13-17,19H2,1H3,(H,31,36)(H,32,35)(H4,28,29,30)/t22?,23?,24-/m0/s1. The van der Waals surface area contributed by atoms with Gasteiger partial charge >= 0.3 is 0 Å². The summed E-state index contributed by atoms with van der Waals surface area (Å²) in [4.78, 5) is 42.2. The van der Waals surface area contributed by atoms with Crippen molar-refractivity contribution in [3.8, 4) is 0 Å². The van der Waals surface area contributed by atoms with Crippen LogP contribution in [0.5, 0.6) is 0 Å². The first-order valence-corrected chi connectivity index (χ1v) is 16.9. The molecule has 2 aromatic rings. The topological polar surface area (TPSA) is 220 Å². The number of sulfonamides is 1. The smallest absolute Gasteiger partial charge is 0.243 e. The molecule has 7 N–H and O–H groups in total. The first-order valence-electron chi connectivity index (χ1n) is 13.1. The molecular weight excluding hydrogens is 584 g/mol. The molecule has 0 aliphatic rings. The Kier molecular flexibility index (Phi) is 13.6. The van der Waals surface area contributed by atoms with E-state index in [2.05, 4.69) is 20.3 Å². The second-order valence-electron chi connectivity index (χ2n) is 9.78. The molecule has 0 aliphatic carbocycles. The molecule has 13 nitrogen and oxygen atoms in total. The maximum atomic E-state index is 13.4. The zero-order valence-electron chi connectivity index (χ0n) is 23.3. The zero-order valence-corrected chi connectivity index (χ0v) is 24.9. The number of sulfone groups is 1. The monoisotopic (exact) mass is 622 g/mol. The first kappa shape index (κ1) is 34.4. The molecule has 2 aromatic carbocycles. The molecule has 0 radical (unpaired) electrons.